The lowest BCUT2D eigenvalue weighted by Crippen LogP contribution is -1.99. The normalized spacial score (nSPS) is 10.1. The van der Waals surface area contributed by atoms with Crippen LogP contribution < -0.4 is 4.74 Å². The highest BCUT2D eigenvalue weighted by molar-refractivity contribution is 9.08. The van der Waals surface area contributed by atoms with E-state index in [-0.39, 0.29) is 6.79 Å². The fourth-order valence-electron chi connectivity index (χ4n) is 0.864. The van der Waals surface area contributed by atoms with Gasteiger partial charge >= 0.3 is 0 Å². The van der Waals surface area contributed by atoms with Gasteiger partial charge in [0.15, 0.2) is 6.79 Å². The molecule has 0 aliphatic heterocycles. The van der Waals surface area contributed by atoms with E-state index in [1.807, 2.05) is 18.2 Å². The van der Waals surface area contributed by atoms with Gasteiger partial charge in [-0.15, -0.1) is 0 Å². The first-order valence-corrected chi connectivity index (χ1v) is 5.24. The Balaban J connectivity index is 2.78. The number of rotatable bonds is 4. The van der Waals surface area contributed by atoms with E-state index in [2.05, 4.69) is 15.9 Å². The van der Waals surface area contributed by atoms with Crippen molar-refractivity contribution >= 4 is 27.5 Å². The Kier molecular flexibility index (Phi) is 4.56. The summed E-state index contributed by atoms with van der Waals surface area (Å²) >= 11 is 9.25. The van der Waals surface area contributed by atoms with E-state index in [1.54, 1.807) is 7.11 Å². The van der Waals surface area contributed by atoms with Gasteiger partial charge in [0.2, 0.25) is 0 Å². The Morgan fingerprint density at radius 3 is 2.85 bits per heavy atom. The second-order valence-electron chi connectivity index (χ2n) is 2.45. The Bertz CT molecular complexity index is 278. The third kappa shape index (κ3) is 3.18. The monoisotopic (exact) mass is 264 g/mol. The molecule has 0 bridgehead atoms. The van der Waals surface area contributed by atoms with Crippen LogP contribution in [-0.4, -0.2) is 13.9 Å². The molecule has 0 spiro atoms. The molecule has 0 atom stereocenters. The molecular weight excluding hydrogens is 255 g/mol. The molecular formula is C9H10BrClO2. The summed E-state index contributed by atoms with van der Waals surface area (Å²) in [5, 5.41) is 1.38. The summed E-state index contributed by atoms with van der Waals surface area (Å²) in [5.41, 5.74) is 1.12. The smallest absolute Gasteiger partial charge is 0.188 e. The van der Waals surface area contributed by atoms with Gasteiger partial charge in [0.1, 0.15) is 5.75 Å². The minimum atomic E-state index is 0.214. The summed E-state index contributed by atoms with van der Waals surface area (Å²) < 4.78 is 10.0. The number of alkyl halides is 1. The Morgan fingerprint density at radius 1 is 1.46 bits per heavy atom. The second-order valence-corrected chi connectivity index (χ2v) is 3.42. The zero-order chi connectivity index (χ0) is 9.68. The van der Waals surface area contributed by atoms with E-state index >= 15 is 0 Å². The molecule has 1 aromatic carbocycles. The van der Waals surface area contributed by atoms with Crippen LogP contribution in [0.5, 0.6) is 5.75 Å². The highest BCUT2D eigenvalue weighted by atomic mass is 79.9. The van der Waals surface area contributed by atoms with E-state index in [4.69, 9.17) is 21.1 Å². The summed E-state index contributed by atoms with van der Waals surface area (Å²) in [5.74, 6) is 0.653. The van der Waals surface area contributed by atoms with E-state index in [0.717, 1.165) is 10.9 Å². The van der Waals surface area contributed by atoms with Gasteiger partial charge in [0, 0.05) is 12.4 Å². The lowest BCUT2D eigenvalue weighted by Gasteiger charge is -2.07. The molecule has 0 N–H and O–H groups in total. The fourth-order valence-corrected chi connectivity index (χ4v) is 1.38. The maximum absolute atomic E-state index is 5.89. The van der Waals surface area contributed by atoms with Gasteiger partial charge in [-0.25, -0.2) is 0 Å². The average molecular weight is 266 g/mol. The van der Waals surface area contributed by atoms with Gasteiger partial charge in [-0.3, -0.25) is 0 Å². The SMILES string of the molecule is COCOc1cc(CBr)ccc1Cl. The van der Waals surface area contributed by atoms with Gasteiger partial charge in [0.05, 0.1) is 5.02 Å². The van der Waals surface area contributed by atoms with Crippen LogP contribution in [0.1, 0.15) is 5.56 Å². The van der Waals surface area contributed by atoms with Crippen LogP contribution in [0.15, 0.2) is 18.2 Å². The molecule has 0 saturated carbocycles. The van der Waals surface area contributed by atoms with Gasteiger partial charge < -0.3 is 9.47 Å². The minimum Gasteiger partial charge on any atom is -0.466 e. The molecule has 0 saturated heterocycles. The van der Waals surface area contributed by atoms with Crippen molar-refractivity contribution in [3.05, 3.63) is 28.8 Å². The second kappa shape index (κ2) is 5.47. The molecule has 0 aliphatic rings. The standard InChI is InChI=1S/C9H10BrClO2/c1-12-6-13-9-4-7(5-10)2-3-8(9)11/h2-4H,5-6H2,1H3. The van der Waals surface area contributed by atoms with Gasteiger partial charge in [0.25, 0.3) is 0 Å². The Hall–Kier alpha value is -0.250. The van der Waals surface area contributed by atoms with Crippen molar-refractivity contribution in [2.24, 2.45) is 0 Å². The maximum atomic E-state index is 5.89. The lowest BCUT2D eigenvalue weighted by molar-refractivity contribution is 0.0511. The summed E-state index contributed by atoms with van der Waals surface area (Å²) in [7, 11) is 1.57. The molecule has 4 heteroatoms. The van der Waals surface area contributed by atoms with Crippen LogP contribution in [-0.2, 0) is 10.1 Å². The number of hydrogen-bond acceptors (Lipinski definition) is 2. The Labute approximate surface area is 90.9 Å². The molecule has 0 radical (unpaired) electrons. The molecule has 0 aliphatic carbocycles. The van der Waals surface area contributed by atoms with Crippen molar-refractivity contribution in [3.8, 4) is 5.75 Å². The number of ether oxygens (including phenoxy) is 2. The third-order valence-electron chi connectivity index (χ3n) is 1.48. The maximum Gasteiger partial charge on any atom is 0.188 e. The van der Waals surface area contributed by atoms with Gasteiger partial charge in [-0.2, -0.15) is 0 Å². The molecule has 0 heterocycles. The van der Waals surface area contributed by atoms with Crippen LogP contribution in [0.4, 0.5) is 0 Å². The van der Waals surface area contributed by atoms with Crippen LogP contribution >= 0.6 is 27.5 Å². The van der Waals surface area contributed by atoms with E-state index in [9.17, 15) is 0 Å². The predicted molar refractivity (Wildman–Crippen MR) is 56.6 cm³/mol. The number of halogens is 2. The van der Waals surface area contributed by atoms with Crippen LogP contribution in [0.3, 0.4) is 0 Å². The van der Waals surface area contributed by atoms with Crippen LogP contribution in [0, 0.1) is 0 Å². The molecule has 2 nitrogen and oxygen atoms in total. The molecule has 1 aromatic rings. The molecule has 0 aromatic heterocycles. The van der Waals surface area contributed by atoms with E-state index < -0.39 is 0 Å². The highest BCUT2D eigenvalue weighted by Gasteiger charge is 2.01. The molecule has 72 valence electrons. The van der Waals surface area contributed by atoms with Gasteiger partial charge in [-0.1, -0.05) is 33.6 Å². The summed E-state index contributed by atoms with van der Waals surface area (Å²) in [6, 6.07) is 5.63. The van der Waals surface area contributed by atoms with Crippen molar-refractivity contribution in [1.82, 2.24) is 0 Å². The van der Waals surface area contributed by atoms with Crippen molar-refractivity contribution in [1.29, 1.82) is 0 Å². The van der Waals surface area contributed by atoms with Crippen LogP contribution in [0.2, 0.25) is 5.02 Å². The number of methoxy groups -OCH3 is 1. The molecule has 0 fully saturated rings. The van der Waals surface area contributed by atoms with Gasteiger partial charge in [-0.05, 0) is 17.7 Å². The molecule has 1 rings (SSSR count). The van der Waals surface area contributed by atoms with Crippen molar-refractivity contribution in [3.63, 3.8) is 0 Å². The van der Waals surface area contributed by atoms with Crippen molar-refractivity contribution in [2.75, 3.05) is 13.9 Å². The fraction of sp³-hybridized carbons (Fsp3) is 0.333. The van der Waals surface area contributed by atoms with E-state index in [1.165, 1.54) is 0 Å². The van der Waals surface area contributed by atoms with Crippen LogP contribution in [0.25, 0.3) is 0 Å². The topological polar surface area (TPSA) is 18.5 Å². The largest absolute Gasteiger partial charge is 0.466 e. The summed E-state index contributed by atoms with van der Waals surface area (Å²) in [4.78, 5) is 0. The van der Waals surface area contributed by atoms with Crippen molar-refractivity contribution in [2.45, 2.75) is 5.33 Å². The average Bonchev–Trinajstić information content (AvgIpc) is 2.17. The zero-order valence-electron chi connectivity index (χ0n) is 7.22. The van der Waals surface area contributed by atoms with Crippen molar-refractivity contribution < 1.29 is 9.47 Å². The summed E-state index contributed by atoms with van der Waals surface area (Å²) in [6.07, 6.45) is 0. The third-order valence-corrected chi connectivity index (χ3v) is 2.44. The number of hydrogen-bond donors (Lipinski definition) is 0. The molecule has 0 amide bonds. The zero-order valence-corrected chi connectivity index (χ0v) is 9.56. The quantitative estimate of drug-likeness (QED) is 0.615. The molecule has 0 unspecified atom stereocenters. The molecule has 13 heavy (non-hydrogen) atoms. The lowest BCUT2D eigenvalue weighted by atomic mass is 10.2. The first-order valence-electron chi connectivity index (χ1n) is 3.74. The summed E-state index contributed by atoms with van der Waals surface area (Å²) in [6.45, 7) is 0.214. The first-order chi connectivity index (χ1) is 6.27. The Morgan fingerprint density at radius 2 is 2.23 bits per heavy atom. The van der Waals surface area contributed by atoms with E-state index in [0.29, 0.717) is 10.8 Å². The predicted octanol–water partition coefficient (Wildman–Crippen LogP) is 3.22. The number of benzene rings is 1. The minimum absolute atomic E-state index is 0.214. The highest BCUT2D eigenvalue weighted by Crippen LogP contribution is 2.26. The first kappa shape index (κ1) is 10.8.